The monoisotopic (exact) mass is 459 g/mol. The highest BCUT2D eigenvalue weighted by molar-refractivity contribution is 4.55. The van der Waals surface area contributed by atoms with Gasteiger partial charge in [-0.25, -0.2) is 0 Å². The molecular weight excluding hydrogens is 384 g/mol. The molecular formula is C32H74. The van der Waals surface area contributed by atoms with Crippen LogP contribution in [0.15, 0.2) is 0 Å². The van der Waals surface area contributed by atoms with Crippen molar-refractivity contribution < 1.29 is 0 Å². The van der Waals surface area contributed by atoms with Crippen molar-refractivity contribution in [1.82, 2.24) is 0 Å². The van der Waals surface area contributed by atoms with E-state index in [2.05, 4.69) is 104 Å². The summed E-state index contributed by atoms with van der Waals surface area (Å²) in [6.45, 7) is 33.6. The molecule has 0 heterocycles. The highest BCUT2D eigenvalue weighted by atomic mass is 14.1. The normalized spacial score (nSPS) is 10.3. The first-order chi connectivity index (χ1) is 14.8. The summed E-state index contributed by atoms with van der Waals surface area (Å²) in [6, 6.07) is 0. The molecule has 0 radical (unpaired) electrons. The van der Waals surface area contributed by atoms with Gasteiger partial charge in [0.1, 0.15) is 0 Å². The zero-order valence-corrected chi connectivity index (χ0v) is 26.4. The predicted octanol–water partition coefficient (Wildman–Crippen LogP) is 13.1. The van der Waals surface area contributed by atoms with Gasteiger partial charge < -0.3 is 0 Å². The van der Waals surface area contributed by atoms with Crippen molar-refractivity contribution in [2.24, 2.45) is 23.2 Å². The molecule has 0 bridgehead atoms. The van der Waals surface area contributed by atoms with Crippen LogP contribution in [0.25, 0.3) is 0 Å². The average molecular weight is 459 g/mol. The fourth-order valence-electron chi connectivity index (χ4n) is 1.64. The van der Waals surface area contributed by atoms with Crippen LogP contribution >= 0.6 is 0 Å². The highest BCUT2D eigenvalue weighted by Gasteiger charge is 2.03. The fraction of sp³-hybridized carbons (Fsp3) is 1.00. The molecule has 32 heavy (non-hydrogen) atoms. The zero-order chi connectivity index (χ0) is 26.4. The van der Waals surface area contributed by atoms with Crippen LogP contribution in [0.4, 0.5) is 0 Å². The van der Waals surface area contributed by atoms with E-state index in [0.717, 1.165) is 17.8 Å². The molecule has 0 aliphatic carbocycles. The minimum Gasteiger partial charge on any atom is -0.0654 e. The average Bonchev–Trinajstić information content (AvgIpc) is 2.76. The lowest BCUT2D eigenvalue weighted by Gasteiger charge is -2.12. The van der Waals surface area contributed by atoms with Crippen LogP contribution in [0.5, 0.6) is 0 Å². The van der Waals surface area contributed by atoms with Gasteiger partial charge in [-0.05, 0) is 23.2 Å². The molecule has 0 fully saturated rings. The summed E-state index contributed by atoms with van der Waals surface area (Å²) in [5.74, 6) is 2.64. The van der Waals surface area contributed by atoms with Gasteiger partial charge in [-0.3, -0.25) is 0 Å². The summed E-state index contributed by atoms with van der Waals surface area (Å²) < 4.78 is 0. The zero-order valence-electron chi connectivity index (χ0n) is 26.4. The van der Waals surface area contributed by atoms with Gasteiger partial charge in [0, 0.05) is 0 Å². The van der Waals surface area contributed by atoms with Crippen LogP contribution in [-0.4, -0.2) is 0 Å². The van der Waals surface area contributed by atoms with Crippen LogP contribution in [0.1, 0.15) is 187 Å². The Balaban J connectivity index is -0.0000000955. The van der Waals surface area contributed by atoms with Crippen molar-refractivity contribution in [3.8, 4) is 0 Å². The van der Waals surface area contributed by atoms with E-state index in [4.69, 9.17) is 0 Å². The van der Waals surface area contributed by atoms with Crippen molar-refractivity contribution >= 4 is 0 Å². The van der Waals surface area contributed by atoms with Gasteiger partial charge in [-0.2, -0.15) is 0 Å². The molecule has 0 saturated carbocycles. The van der Waals surface area contributed by atoms with Crippen LogP contribution in [0.2, 0.25) is 0 Å². The minimum atomic E-state index is 0.542. The second-order valence-electron chi connectivity index (χ2n) is 11.4. The first kappa shape index (κ1) is 42.2. The van der Waals surface area contributed by atoms with Crippen LogP contribution < -0.4 is 0 Å². The van der Waals surface area contributed by atoms with Gasteiger partial charge in [0.2, 0.25) is 0 Å². The Bertz CT molecular complexity index is 236. The maximum Gasteiger partial charge on any atom is -0.0385 e. The molecule has 0 unspecified atom stereocenters. The van der Waals surface area contributed by atoms with E-state index < -0.39 is 0 Å². The number of hydrogen-bond donors (Lipinski definition) is 0. The Hall–Kier alpha value is 0. The third-order valence-corrected chi connectivity index (χ3v) is 6.20. The second kappa shape index (κ2) is 35.6. The van der Waals surface area contributed by atoms with E-state index >= 15 is 0 Å². The van der Waals surface area contributed by atoms with E-state index in [1.807, 2.05) is 0 Å². The van der Waals surface area contributed by atoms with Crippen molar-refractivity contribution in [2.75, 3.05) is 0 Å². The van der Waals surface area contributed by atoms with E-state index in [-0.39, 0.29) is 0 Å². The van der Waals surface area contributed by atoms with Crippen LogP contribution in [0, 0.1) is 23.2 Å². The summed E-state index contributed by atoms with van der Waals surface area (Å²) >= 11 is 0. The molecule has 0 spiro atoms. The standard InChI is InChI=1S/C8H18.4C6H14/c1-3-5-7-8-6-4-2;1-5-6(2,3)4;1-5(2)6(3)4;1-4-6(3)5-2;1-3-5-6-4-2/h3-8H2,1-2H3;5H2,1-4H3;5-6H,1-4H3;6H,4-5H2,1-3H3;3-6H2,1-2H3. The number of hydrogen-bond acceptors (Lipinski definition) is 0. The fourth-order valence-corrected chi connectivity index (χ4v) is 1.64. The first-order valence-corrected chi connectivity index (χ1v) is 14.8. The summed E-state index contributed by atoms with van der Waals surface area (Å²) in [4.78, 5) is 0. The third kappa shape index (κ3) is 69.9. The molecule has 0 atom stereocenters. The lowest BCUT2D eigenvalue weighted by molar-refractivity contribution is 0.398. The Morgan fingerprint density at radius 2 is 0.656 bits per heavy atom. The first-order valence-electron chi connectivity index (χ1n) is 14.8. The molecule has 0 saturated heterocycles. The summed E-state index contributed by atoms with van der Waals surface area (Å²) in [7, 11) is 0. The van der Waals surface area contributed by atoms with E-state index in [0.29, 0.717) is 5.41 Å². The largest absolute Gasteiger partial charge is 0.0654 e. The van der Waals surface area contributed by atoms with Crippen molar-refractivity contribution in [2.45, 2.75) is 187 Å². The Morgan fingerprint density at radius 3 is 0.750 bits per heavy atom. The number of rotatable bonds is 11. The molecule has 202 valence electrons. The Labute approximate surface area is 210 Å². The summed E-state index contributed by atoms with van der Waals surface area (Å²) in [5, 5.41) is 0. The topological polar surface area (TPSA) is 0 Å². The molecule has 0 aromatic carbocycles. The van der Waals surface area contributed by atoms with E-state index in [1.54, 1.807) is 0 Å². The van der Waals surface area contributed by atoms with Gasteiger partial charge in [-0.1, -0.05) is 187 Å². The third-order valence-electron chi connectivity index (χ3n) is 6.20. The lowest BCUT2D eigenvalue weighted by atomic mass is 9.94. The molecule has 0 amide bonds. The lowest BCUT2D eigenvalue weighted by Crippen LogP contribution is -2.00. The smallest absolute Gasteiger partial charge is 0.0385 e. The summed E-state index contributed by atoms with van der Waals surface area (Å²) in [5.41, 5.74) is 0.542. The van der Waals surface area contributed by atoms with Crippen LogP contribution in [0.3, 0.4) is 0 Å². The maximum atomic E-state index is 2.28. The van der Waals surface area contributed by atoms with Crippen molar-refractivity contribution in [3.05, 3.63) is 0 Å². The van der Waals surface area contributed by atoms with Gasteiger partial charge in [-0.15, -0.1) is 0 Å². The molecule has 0 rings (SSSR count). The Morgan fingerprint density at radius 1 is 0.438 bits per heavy atom. The van der Waals surface area contributed by atoms with Gasteiger partial charge in [0.05, 0.1) is 0 Å². The molecule has 0 aliphatic rings. The summed E-state index contributed by atoms with van der Waals surface area (Å²) in [6.07, 6.45) is 18.0. The van der Waals surface area contributed by atoms with Gasteiger partial charge >= 0.3 is 0 Å². The van der Waals surface area contributed by atoms with Gasteiger partial charge in [0.15, 0.2) is 0 Å². The highest BCUT2D eigenvalue weighted by Crippen LogP contribution is 2.16. The SMILES string of the molecule is CC(C)C(C)C.CCC(C)(C)C.CCC(C)CC.CCCCCC.CCCCCCCC. The van der Waals surface area contributed by atoms with Crippen molar-refractivity contribution in [3.63, 3.8) is 0 Å². The molecule has 0 aliphatic heterocycles. The molecule has 0 nitrogen and oxygen atoms in total. The molecule has 0 aromatic rings. The molecule has 0 heteroatoms. The predicted molar refractivity (Wildman–Crippen MR) is 158 cm³/mol. The quantitative estimate of drug-likeness (QED) is 0.270. The van der Waals surface area contributed by atoms with Gasteiger partial charge in [0.25, 0.3) is 0 Å². The molecule has 0 N–H and O–H groups in total. The second-order valence-corrected chi connectivity index (χ2v) is 11.4. The molecule has 0 aromatic heterocycles. The van der Waals surface area contributed by atoms with Crippen LogP contribution in [-0.2, 0) is 0 Å². The number of unbranched alkanes of at least 4 members (excludes halogenated alkanes) is 8. The van der Waals surface area contributed by atoms with Crippen molar-refractivity contribution in [1.29, 1.82) is 0 Å². The van der Waals surface area contributed by atoms with E-state index in [9.17, 15) is 0 Å². The minimum absolute atomic E-state index is 0.542. The van der Waals surface area contributed by atoms with E-state index in [1.165, 1.54) is 83.5 Å². The Kier molecular flexibility index (Phi) is 46.9. The maximum absolute atomic E-state index is 2.28.